The minimum atomic E-state index is -1.08. The van der Waals surface area contributed by atoms with Crippen molar-refractivity contribution in [2.75, 3.05) is 0 Å². The fourth-order valence-corrected chi connectivity index (χ4v) is 2.81. The van der Waals surface area contributed by atoms with E-state index in [-0.39, 0.29) is 5.56 Å². The standard InChI is InChI=1S/C23H20FNO3/c1-16(28-23(27)19-14-8-9-15-20(19)24)22(26)25-21(17-10-4-2-5-11-17)18-12-6-3-7-13-18/h2-16,21H,1H3,(H,25,26)/t16-/m1/s1. The number of hydrogen-bond donors (Lipinski definition) is 1. The lowest BCUT2D eigenvalue weighted by atomic mass is 9.98. The highest BCUT2D eigenvalue weighted by molar-refractivity contribution is 5.92. The number of halogens is 1. The van der Waals surface area contributed by atoms with Crippen molar-refractivity contribution < 1.29 is 18.7 Å². The van der Waals surface area contributed by atoms with Gasteiger partial charge in [0.1, 0.15) is 5.82 Å². The van der Waals surface area contributed by atoms with Crippen LogP contribution in [0.4, 0.5) is 4.39 Å². The van der Waals surface area contributed by atoms with E-state index in [1.54, 1.807) is 0 Å². The quantitative estimate of drug-likeness (QED) is 0.653. The molecule has 0 aliphatic heterocycles. The zero-order valence-electron chi connectivity index (χ0n) is 15.3. The molecule has 3 aromatic rings. The van der Waals surface area contributed by atoms with E-state index < -0.39 is 29.8 Å². The molecule has 0 spiro atoms. The van der Waals surface area contributed by atoms with E-state index in [0.717, 1.165) is 11.1 Å². The van der Waals surface area contributed by atoms with Gasteiger partial charge in [0.25, 0.3) is 5.91 Å². The fraction of sp³-hybridized carbons (Fsp3) is 0.130. The molecule has 4 nitrogen and oxygen atoms in total. The normalized spacial score (nSPS) is 11.7. The van der Waals surface area contributed by atoms with Crippen LogP contribution in [0.2, 0.25) is 0 Å². The molecule has 1 atom stereocenters. The van der Waals surface area contributed by atoms with Crippen LogP contribution >= 0.6 is 0 Å². The van der Waals surface area contributed by atoms with Crippen molar-refractivity contribution in [2.45, 2.75) is 19.1 Å². The van der Waals surface area contributed by atoms with Crippen LogP contribution in [0, 0.1) is 5.82 Å². The number of ether oxygens (including phenoxy) is 1. The maximum atomic E-state index is 13.7. The van der Waals surface area contributed by atoms with Crippen LogP contribution in [-0.4, -0.2) is 18.0 Å². The number of carbonyl (C=O) groups excluding carboxylic acids is 2. The number of benzene rings is 3. The molecule has 0 saturated carbocycles. The first-order valence-corrected chi connectivity index (χ1v) is 8.92. The average Bonchev–Trinajstić information content (AvgIpc) is 2.73. The van der Waals surface area contributed by atoms with Crippen molar-refractivity contribution in [3.8, 4) is 0 Å². The summed E-state index contributed by atoms with van der Waals surface area (Å²) < 4.78 is 18.9. The van der Waals surface area contributed by atoms with Crippen molar-refractivity contribution in [3.63, 3.8) is 0 Å². The summed E-state index contributed by atoms with van der Waals surface area (Å²) in [6.45, 7) is 1.46. The van der Waals surface area contributed by atoms with E-state index in [1.165, 1.54) is 31.2 Å². The van der Waals surface area contributed by atoms with E-state index in [0.29, 0.717) is 0 Å². The maximum Gasteiger partial charge on any atom is 0.341 e. The fourth-order valence-electron chi connectivity index (χ4n) is 2.81. The molecule has 0 bridgehead atoms. The lowest BCUT2D eigenvalue weighted by molar-refractivity contribution is -0.129. The second kappa shape index (κ2) is 8.95. The molecule has 0 saturated heterocycles. The molecule has 0 unspecified atom stereocenters. The SMILES string of the molecule is C[C@@H](OC(=O)c1ccccc1F)C(=O)NC(c1ccccc1)c1ccccc1. The highest BCUT2D eigenvalue weighted by Crippen LogP contribution is 2.22. The van der Waals surface area contributed by atoms with Crippen molar-refractivity contribution in [1.82, 2.24) is 5.32 Å². The van der Waals surface area contributed by atoms with Crippen LogP contribution in [0.1, 0.15) is 34.5 Å². The molecule has 0 heterocycles. The van der Waals surface area contributed by atoms with Gasteiger partial charge < -0.3 is 10.1 Å². The van der Waals surface area contributed by atoms with E-state index in [1.807, 2.05) is 60.7 Å². The summed E-state index contributed by atoms with van der Waals surface area (Å²) >= 11 is 0. The molecule has 142 valence electrons. The minimum absolute atomic E-state index is 0.204. The van der Waals surface area contributed by atoms with E-state index in [9.17, 15) is 14.0 Å². The first kappa shape index (κ1) is 19.3. The number of rotatable bonds is 6. The third kappa shape index (κ3) is 4.62. The molecule has 1 N–H and O–H groups in total. The number of hydrogen-bond acceptors (Lipinski definition) is 3. The van der Waals surface area contributed by atoms with E-state index >= 15 is 0 Å². The topological polar surface area (TPSA) is 55.4 Å². The molecule has 0 fully saturated rings. The number of esters is 1. The molecule has 3 aromatic carbocycles. The first-order chi connectivity index (χ1) is 13.6. The molecule has 0 aliphatic carbocycles. The highest BCUT2D eigenvalue weighted by Gasteiger charge is 2.24. The molecule has 1 amide bonds. The van der Waals surface area contributed by atoms with E-state index in [2.05, 4.69) is 5.32 Å². The Labute approximate surface area is 163 Å². The minimum Gasteiger partial charge on any atom is -0.449 e. The molecule has 5 heteroatoms. The molecule has 0 radical (unpaired) electrons. The highest BCUT2D eigenvalue weighted by atomic mass is 19.1. The van der Waals surface area contributed by atoms with Crippen molar-refractivity contribution in [1.29, 1.82) is 0 Å². The van der Waals surface area contributed by atoms with Crippen LogP contribution in [-0.2, 0) is 9.53 Å². The van der Waals surface area contributed by atoms with Gasteiger partial charge in [-0.3, -0.25) is 4.79 Å². The predicted octanol–water partition coefficient (Wildman–Crippen LogP) is 4.28. The Morgan fingerprint density at radius 3 is 1.86 bits per heavy atom. The second-order valence-corrected chi connectivity index (χ2v) is 6.29. The van der Waals surface area contributed by atoms with Gasteiger partial charge in [0.15, 0.2) is 6.10 Å². The summed E-state index contributed by atoms with van der Waals surface area (Å²) in [5.74, 6) is -2.04. The van der Waals surface area contributed by atoms with Crippen molar-refractivity contribution in [3.05, 3.63) is 107 Å². The van der Waals surface area contributed by atoms with Crippen LogP contribution in [0.15, 0.2) is 84.9 Å². The van der Waals surface area contributed by atoms with Gasteiger partial charge in [-0.15, -0.1) is 0 Å². The molecular weight excluding hydrogens is 357 g/mol. The Hall–Kier alpha value is -3.47. The summed E-state index contributed by atoms with van der Waals surface area (Å²) in [6, 6.07) is 24.1. The maximum absolute atomic E-state index is 13.7. The molecule has 0 aromatic heterocycles. The van der Waals surface area contributed by atoms with Gasteiger partial charge in [-0.25, -0.2) is 9.18 Å². The van der Waals surface area contributed by atoms with Gasteiger partial charge in [0.05, 0.1) is 11.6 Å². The van der Waals surface area contributed by atoms with Gasteiger partial charge in [0.2, 0.25) is 0 Å². The molecule has 3 rings (SSSR count). The third-order valence-corrected chi connectivity index (χ3v) is 4.30. The van der Waals surface area contributed by atoms with Crippen LogP contribution in [0.5, 0.6) is 0 Å². The number of amides is 1. The summed E-state index contributed by atoms with van der Waals surface area (Å²) in [5, 5.41) is 2.91. The Morgan fingerprint density at radius 1 is 0.821 bits per heavy atom. The van der Waals surface area contributed by atoms with E-state index in [4.69, 9.17) is 4.74 Å². The van der Waals surface area contributed by atoms with Gasteiger partial charge in [-0.1, -0.05) is 72.8 Å². The van der Waals surface area contributed by atoms with Gasteiger partial charge in [-0.05, 0) is 30.2 Å². The smallest absolute Gasteiger partial charge is 0.341 e. The lowest BCUT2D eigenvalue weighted by Gasteiger charge is -2.22. The molecule has 28 heavy (non-hydrogen) atoms. The summed E-state index contributed by atoms with van der Waals surface area (Å²) in [5.41, 5.74) is 1.59. The Bertz CT molecular complexity index is 905. The first-order valence-electron chi connectivity index (χ1n) is 8.92. The van der Waals surface area contributed by atoms with Gasteiger partial charge in [0, 0.05) is 0 Å². The number of nitrogens with one attached hydrogen (secondary N) is 1. The lowest BCUT2D eigenvalue weighted by Crippen LogP contribution is -2.38. The van der Waals surface area contributed by atoms with Gasteiger partial charge in [-0.2, -0.15) is 0 Å². The molecular formula is C23H20FNO3. The van der Waals surface area contributed by atoms with Crippen molar-refractivity contribution in [2.24, 2.45) is 0 Å². The zero-order valence-corrected chi connectivity index (χ0v) is 15.3. The Kier molecular flexibility index (Phi) is 6.17. The monoisotopic (exact) mass is 377 g/mol. The molecule has 0 aliphatic rings. The van der Waals surface area contributed by atoms with Crippen LogP contribution < -0.4 is 5.32 Å². The summed E-state index contributed by atoms with van der Waals surface area (Å²) in [7, 11) is 0. The predicted molar refractivity (Wildman–Crippen MR) is 104 cm³/mol. The Balaban J connectivity index is 1.75. The van der Waals surface area contributed by atoms with Crippen molar-refractivity contribution >= 4 is 11.9 Å². The van der Waals surface area contributed by atoms with Crippen LogP contribution in [0.3, 0.4) is 0 Å². The summed E-state index contributed by atoms with van der Waals surface area (Å²) in [6.07, 6.45) is -1.08. The summed E-state index contributed by atoms with van der Waals surface area (Å²) in [4.78, 5) is 24.8. The van der Waals surface area contributed by atoms with Crippen LogP contribution in [0.25, 0.3) is 0 Å². The number of carbonyl (C=O) groups is 2. The van der Waals surface area contributed by atoms with Gasteiger partial charge >= 0.3 is 5.97 Å². The average molecular weight is 377 g/mol. The Morgan fingerprint density at radius 2 is 1.32 bits per heavy atom. The third-order valence-electron chi connectivity index (χ3n) is 4.30. The second-order valence-electron chi connectivity index (χ2n) is 6.29. The largest absolute Gasteiger partial charge is 0.449 e. The zero-order chi connectivity index (χ0) is 19.9.